The summed E-state index contributed by atoms with van der Waals surface area (Å²) in [4.78, 5) is 19.9. The van der Waals surface area contributed by atoms with Crippen LogP contribution in [-0.4, -0.2) is 51.6 Å². The van der Waals surface area contributed by atoms with E-state index in [1.54, 1.807) is 31.8 Å². The van der Waals surface area contributed by atoms with Gasteiger partial charge in [-0.3, -0.25) is 4.79 Å². The zero-order valence-electron chi connectivity index (χ0n) is 21.7. The summed E-state index contributed by atoms with van der Waals surface area (Å²) in [5, 5.41) is 15.2. The van der Waals surface area contributed by atoms with E-state index < -0.39 is 23.2 Å². The summed E-state index contributed by atoms with van der Waals surface area (Å²) in [7, 11) is 0. The fraction of sp³-hybridized carbons (Fsp3) is 0.276. The third kappa shape index (κ3) is 5.26. The molecule has 1 saturated heterocycles. The number of alkyl halides is 3. The lowest BCUT2D eigenvalue weighted by atomic mass is 10.0. The topological polar surface area (TPSA) is 81.4 Å². The highest BCUT2D eigenvalue weighted by molar-refractivity contribution is 7.13. The molecule has 4 aromatic rings. The van der Waals surface area contributed by atoms with Crippen LogP contribution in [0.25, 0.3) is 21.7 Å². The summed E-state index contributed by atoms with van der Waals surface area (Å²) < 4.78 is 46.3. The van der Waals surface area contributed by atoms with Crippen molar-refractivity contribution in [3.8, 4) is 21.7 Å². The third-order valence-corrected chi connectivity index (χ3v) is 7.90. The van der Waals surface area contributed by atoms with Gasteiger partial charge < -0.3 is 19.7 Å². The lowest BCUT2D eigenvalue weighted by Crippen LogP contribution is -2.31. The van der Waals surface area contributed by atoms with Crippen LogP contribution in [0.5, 0.6) is 0 Å². The molecule has 1 atom stereocenters. The molecule has 0 spiro atoms. The maximum atomic E-state index is 13.3. The number of hydrogen-bond donors (Lipinski definition) is 2. The molecule has 2 aliphatic heterocycles. The molecule has 0 bridgehead atoms. The number of carbonyl (C=O) groups is 1. The van der Waals surface area contributed by atoms with Gasteiger partial charge in [0.1, 0.15) is 23.8 Å². The predicted molar refractivity (Wildman–Crippen MR) is 147 cm³/mol. The van der Waals surface area contributed by atoms with Gasteiger partial charge in [0.15, 0.2) is 6.21 Å². The van der Waals surface area contributed by atoms with E-state index in [1.165, 1.54) is 23.5 Å². The number of fused-ring (bicyclic) bond motifs is 3. The predicted octanol–water partition coefficient (Wildman–Crippen LogP) is 6.09. The fourth-order valence-electron chi connectivity index (χ4n) is 4.77. The van der Waals surface area contributed by atoms with Crippen molar-refractivity contribution >= 4 is 34.8 Å². The number of anilines is 2. The van der Waals surface area contributed by atoms with E-state index in [0.717, 1.165) is 41.1 Å². The first kappa shape index (κ1) is 26.3. The Morgan fingerprint density at radius 2 is 1.98 bits per heavy atom. The minimum Gasteiger partial charge on any atom is -0.472 e. The molecule has 0 saturated carbocycles. The molecule has 4 heterocycles. The van der Waals surface area contributed by atoms with E-state index in [2.05, 4.69) is 26.0 Å². The highest BCUT2D eigenvalue weighted by Crippen LogP contribution is 2.41. The van der Waals surface area contributed by atoms with Crippen LogP contribution in [-0.2, 0) is 6.18 Å². The number of halogens is 3. The first-order chi connectivity index (χ1) is 19.0. The van der Waals surface area contributed by atoms with Gasteiger partial charge in [0.2, 0.25) is 6.17 Å². The minimum atomic E-state index is -4.42. The summed E-state index contributed by atoms with van der Waals surface area (Å²) in [6.07, 6.45) is 1.69. The maximum Gasteiger partial charge on any atom is 0.416 e. The van der Waals surface area contributed by atoms with Crippen molar-refractivity contribution in [2.75, 3.05) is 23.3 Å². The number of thiazole rings is 1. The van der Waals surface area contributed by atoms with Crippen LogP contribution in [0.1, 0.15) is 41.9 Å². The van der Waals surface area contributed by atoms with Gasteiger partial charge in [0, 0.05) is 28.5 Å². The summed E-state index contributed by atoms with van der Waals surface area (Å²) in [6, 6.07) is 10.5. The molecule has 1 amide bonds. The van der Waals surface area contributed by atoms with Crippen LogP contribution >= 0.6 is 11.3 Å². The molecule has 0 radical (unpaired) electrons. The molecule has 0 aliphatic carbocycles. The summed E-state index contributed by atoms with van der Waals surface area (Å²) in [5.41, 5.74) is 3.32. The molecule has 6 rings (SSSR count). The number of aromatic nitrogens is 1. The molecule has 2 aromatic heterocycles. The number of nitrogens with one attached hydrogen (secondary N) is 1. The van der Waals surface area contributed by atoms with E-state index in [9.17, 15) is 23.1 Å². The monoisotopic (exact) mass is 567 g/mol. The summed E-state index contributed by atoms with van der Waals surface area (Å²) in [5.74, 6) is -0.432. The van der Waals surface area contributed by atoms with Gasteiger partial charge >= 0.3 is 6.18 Å². The Hall–Kier alpha value is -3.96. The van der Waals surface area contributed by atoms with Crippen molar-refractivity contribution in [1.29, 1.82) is 0 Å². The van der Waals surface area contributed by atoms with Gasteiger partial charge in [-0.15, -0.1) is 11.3 Å². The Labute approximate surface area is 232 Å². The van der Waals surface area contributed by atoms with Crippen molar-refractivity contribution in [3.63, 3.8) is 0 Å². The normalized spacial score (nSPS) is 16.3. The quantitative estimate of drug-likeness (QED) is 0.209. The number of hydrogen-bond acceptors (Lipinski definition) is 6. The van der Waals surface area contributed by atoms with Crippen LogP contribution < -0.4 is 10.2 Å². The van der Waals surface area contributed by atoms with Crippen LogP contribution in [0.3, 0.4) is 0 Å². The summed E-state index contributed by atoms with van der Waals surface area (Å²) >= 11 is 1.19. The molecule has 2 aliphatic rings. The number of nitrogens with zero attached hydrogens (tertiary/aromatic N) is 3. The zero-order chi connectivity index (χ0) is 28.2. The van der Waals surface area contributed by atoms with Crippen molar-refractivity contribution in [3.05, 3.63) is 77.2 Å². The second kappa shape index (κ2) is 9.60. The zero-order valence-corrected chi connectivity index (χ0v) is 22.5. The van der Waals surface area contributed by atoms with Crippen LogP contribution in [0.2, 0.25) is 0 Å². The van der Waals surface area contributed by atoms with Gasteiger partial charge in [0.25, 0.3) is 5.91 Å². The van der Waals surface area contributed by atoms with Crippen molar-refractivity contribution in [1.82, 2.24) is 4.98 Å². The van der Waals surface area contributed by atoms with E-state index in [-0.39, 0.29) is 11.9 Å². The molecule has 206 valence electrons. The van der Waals surface area contributed by atoms with Crippen LogP contribution in [0.15, 0.2) is 64.8 Å². The Bertz CT molecular complexity index is 1600. The Morgan fingerprint density at radius 1 is 1.20 bits per heavy atom. The van der Waals surface area contributed by atoms with Crippen LogP contribution in [0, 0.1) is 0 Å². The van der Waals surface area contributed by atoms with E-state index in [1.807, 2.05) is 18.2 Å². The molecular formula is C29H26F3N4O3S+. The van der Waals surface area contributed by atoms with Crippen LogP contribution in [0.4, 0.5) is 24.5 Å². The Morgan fingerprint density at radius 3 is 2.65 bits per heavy atom. The number of benzene rings is 2. The lowest BCUT2D eigenvalue weighted by molar-refractivity contribution is -0.538. The first-order valence-corrected chi connectivity index (χ1v) is 13.6. The van der Waals surface area contributed by atoms with Crippen molar-refractivity contribution < 1.29 is 32.1 Å². The van der Waals surface area contributed by atoms with Gasteiger partial charge in [0.05, 0.1) is 40.6 Å². The highest BCUT2D eigenvalue weighted by atomic mass is 32.1. The molecule has 40 heavy (non-hydrogen) atoms. The van der Waals surface area contributed by atoms with Crippen molar-refractivity contribution in [2.24, 2.45) is 0 Å². The van der Waals surface area contributed by atoms with E-state index in [0.29, 0.717) is 29.2 Å². The average Bonchev–Trinajstić information content (AvgIpc) is 3.28. The average molecular weight is 568 g/mol. The van der Waals surface area contributed by atoms with Gasteiger partial charge in [-0.2, -0.15) is 13.2 Å². The third-order valence-electron chi connectivity index (χ3n) is 7.01. The minimum absolute atomic E-state index is 0.164. The molecule has 2 aromatic carbocycles. The first-order valence-electron chi connectivity index (χ1n) is 12.7. The SMILES string of the molecule is CC(C)(O)CC[N+]1=Cc2cc(NC(=O)c3csc(-c4ccc(C(F)(F)F)cc4)n3)c(-c3ccoc3)cc2N2CC21. The number of aliphatic hydroxyl groups is 1. The molecule has 1 fully saturated rings. The maximum absolute atomic E-state index is 13.3. The molecular weight excluding hydrogens is 541 g/mol. The largest absolute Gasteiger partial charge is 0.472 e. The van der Waals surface area contributed by atoms with Crippen molar-refractivity contribution in [2.45, 2.75) is 38.2 Å². The smallest absolute Gasteiger partial charge is 0.416 e. The number of amides is 1. The number of rotatable bonds is 7. The lowest BCUT2D eigenvalue weighted by Gasteiger charge is -2.20. The van der Waals surface area contributed by atoms with Gasteiger partial charge in [-0.05, 0) is 44.2 Å². The standard InChI is InChI=1S/C29H25F3N4O3S/c1-28(2,38)8-9-35-13-19-11-22(21(18-7-10-39-15-18)12-24(19)36-14-25(35)36)33-26(37)23-16-40-27(34-23)17-3-5-20(6-4-17)29(30,31)32/h3-7,10-13,15-16,25,38H,8-9,14H2,1-2H3/p+1. The number of furan rings is 1. The van der Waals surface area contributed by atoms with E-state index in [4.69, 9.17) is 4.42 Å². The Kier molecular flexibility index (Phi) is 6.30. The molecule has 11 heteroatoms. The fourth-order valence-corrected chi connectivity index (χ4v) is 5.57. The summed E-state index contributed by atoms with van der Waals surface area (Å²) in [6.45, 7) is 5.15. The van der Waals surface area contributed by atoms with Gasteiger partial charge in [-0.1, -0.05) is 12.1 Å². The van der Waals surface area contributed by atoms with E-state index >= 15 is 0 Å². The molecule has 7 nitrogen and oxygen atoms in total. The van der Waals surface area contributed by atoms with Gasteiger partial charge in [-0.25, -0.2) is 9.56 Å². The molecule has 2 N–H and O–H groups in total. The highest BCUT2D eigenvalue weighted by Gasteiger charge is 2.48. The second-order valence-corrected chi connectivity index (χ2v) is 11.5. The molecule has 1 unspecified atom stereocenters. The Balaban J connectivity index is 1.28. The number of carbonyl (C=O) groups excluding carboxylic acids is 1. The second-order valence-electron chi connectivity index (χ2n) is 10.6.